The minimum Gasteiger partial charge on any atom is -0.494 e. The molecule has 0 aliphatic heterocycles. The van der Waals surface area contributed by atoms with Crippen LogP contribution in [0.15, 0.2) is 18.2 Å². The van der Waals surface area contributed by atoms with Gasteiger partial charge >= 0.3 is 0 Å². The molecule has 1 aromatic rings. The zero-order chi connectivity index (χ0) is 11.1. The molecule has 0 spiro atoms. The van der Waals surface area contributed by atoms with Gasteiger partial charge in [-0.25, -0.2) is 4.39 Å². The lowest BCUT2D eigenvalue weighted by atomic mass is 10.2. The van der Waals surface area contributed by atoms with Gasteiger partial charge in [0.25, 0.3) is 0 Å². The van der Waals surface area contributed by atoms with Crippen LogP contribution in [0.25, 0.3) is 0 Å². The summed E-state index contributed by atoms with van der Waals surface area (Å²) < 4.78 is 18.5. The van der Waals surface area contributed by atoms with E-state index in [-0.39, 0.29) is 5.82 Å². The molecule has 0 atom stereocenters. The van der Waals surface area contributed by atoms with Gasteiger partial charge in [0.2, 0.25) is 0 Å². The second-order valence-corrected chi connectivity index (χ2v) is 2.92. The summed E-state index contributed by atoms with van der Waals surface area (Å²) in [6.45, 7) is 2.87. The lowest BCUT2D eigenvalue weighted by molar-refractivity contribution is 0.338. The van der Waals surface area contributed by atoms with E-state index in [9.17, 15) is 4.39 Å². The van der Waals surface area contributed by atoms with Gasteiger partial charge in [-0.2, -0.15) is 0 Å². The standard InChI is InChI=1S/C12H14FNO/c1-2-15-11-7-6-10(12(13)9-11)5-3-4-8-14/h6-7,9H,2,4,8,14H2,1H3. The maximum absolute atomic E-state index is 13.4. The van der Waals surface area contributed by atoms with Crippen LogP contribution in [0.2, 0.25) is 0 Å². The van der Waals surface area contributed by atoms with Gasteiger partial charge in [0.1, 0.15) is 11.6 Å². The lowest BCUT2D eigenvalue weighted by Gasteiger charge is -2.02. The van der Waals surface area contributed by atoms with Crippen molar-refractivity contribution in [2.24, 2.45) is 5.73 Å². The lowest BCUT2D eigenvalue weighted by Crippen LogP contribution is -1.96. The molecule has 2 nitrogen and oxygen atoms in total. The first kappa shape index (κ1) is 11.5. The predicted octanol–water partition coefficient (Wildman–Crippen LogP) is 1.92. The van der Waals surface area contributed by atoms with Gasteiger partial charge in [0.05, 0.1) is 12.2 Å². The van der Waals surface area contributed by atoms with Gasteiger partial charge < -0.3 is 10.5 Å². The molecule has 1 aromatic carbocycles. The minimum absolute atomic E-state index is 0.356. The van der Waals surface area contributed by atoms with Crippen LogP contribution in [0.3, 0.4) is 0 Å². The van der Waals surface area contributed by atoms with Gasteiger partial charge in [-0.3, -0.25) is 0 Å². The van der Waals surface area contributed by atoms with E-state index in [0.717, 1.165) is 0 Å². The van der Waals surface area contributed by atoms with Crippen molar-refractivity contribution in [3.8, 4) is 17.6 Å². The molecular weight excluding hydrogens is 193 g/mol. The van der Waals surface area contributed by atoms with Crippen LogP contribution < -0.4 is 10.5 Å². The SMILES string of the molecule is CCOc1ccc(C#CCCN)c(F)c1. The summed E-state index contributed by atoms with van der Waals surface area (Å²) in [5.74, 6) is 5.68. The van der Waals surface area contributed by atoms with E-state index in [1.165, 1.54) is 6.07 Å². The van der Waals surface area contributed by atoms with E-state index in [1.807, 2.05) is 6.92 Å². The van der Waals surface area contributed by atoms with E-state index in [1.54, 1.807) is 12.1 Å². The second kappa shape index (κ2) is 6.05. The molecule has 2 N–H and O–H groups in total. The van der Waals surface area contributed by atoms with Gasteiger partial charge in [0, 0.05) is 19.0 Å². The molecule has 0 heterocycles. The second-order valence-electron chi connectivity index (χ2n) is 2.92. The van der Waals surface area contributed by atoms with Crippen LogP contribution in [0.4, 0.5) is 4.39 Å². The molecule has 80 valence electrons. The quantitative estimate of drug-likeness (QED) is 0.768. The number of hydrogen-bond acceptors (Lipinski definition) is 2. The van der Waals surface area contributed by atoms with E-state index < -0.39 is 0 Å². The highest BCUT2D eigenvalue weighted by Crippen LogP contribution is 2.15. The normalized spacial score (nSPS) is 9.27. The number of ether oxygens (including phenoxy) is 1. The Morgan fingerprint density at radius 3 is 2.87 bits per heavy atom. The van der Waals surface area contributed by atoms with Crippen molar-refractivity contribution in [2.45, 2.75) is 13.3 Å². The highest BCUT2D eigenvalue weighted by Gasteiger charge is 2.00. The average molecular weight is 207 g/mol. The average Bonchev–Trinajstić information content (AvgIpc) is 2.22. The molecule has 0 fully saturated rings. The first-order chi connectivity index (χ1) is 7.27. The van der Waals surface area contributed by atoms with Crippen LogP contribution in [-0.2, 0) is 0 Å². The molecule has 0 aromatic heterocycles. The molecular formula is C12H14FNO. The number of halogens is 1. The van der Waals surface area contributed by atoms with Crippen LogP contribution in [0.5, 0.6) is 5.75 Å². The molecule has 0 aliphatic rings. The fourth-order valence-corrected chi connectivity index (χ4v) is 1.08. The van der Waals surface area contributed by atoms with Crippen molar-refractivity contribution < 1.29 is 9.13 Å². The Labute approximate surface area is 89.2 Å². The summed E-state index contributed by atoms with van der Waals surface area (Å²) >= 11 is 0. The number of nitrogens with two attached hydrogens (primary N) is 1. The fraction of sp³-hybridized carbons (Fsp3) is 0.333. The van der Waals surface area contributed by atoms with Crippen molar-refractivity contribution in [3.05, 3.63) is 29.6 Å². The maximum Gasteiger partial charge on any atom is 0.142 e. The summed E-state index contributed by atoms with van der Waals surface area (Å²) in [6.07, 6.45) is 0.576. The molecule has 0 saturated heterocycles. The Kier molecular flexibility index (Phi) is 4.65. The summed E-state index contributed by atoms with van der Waals surface area (Å²) in [5, 5.41) is 0. The molecule has 15 heavy (non-hydrogen) atoms. The topological polar surface area (TPSA) is 35.2 Å². The van der Waals surface area contributed by atoms with Gasteiger partial charge in [-0.15, -0.1) is 0 Å². The Morgan fingerprint density at radius 2 is 2.27 bits per heavy atom. The van der Waals surface area contributed by atoms with Crippen molar-refractivity contribution in [3.63, 3.8) is 0 Å². The van der Waals surface area contributed by atoms with Crippen LogP contribution in [-0.4, -0.2) is 13.2 Å². The molecule has 3 heteroatoms. The van der Waals surface area contributed by atoms with E-state index in [0.29, 0.717) is 30.9 Å². The Morgan fingerprint density at radius 1 is 1.47 bits per heavy atom. The van der Waals surface area contributed by atoms with Gasteiger partial charge in [0.15, 0.2) is 0 Å². The van der Waals surface area contributed by atoms with Crippen LogP contribution in [0, 0.1) is 17.7 Å². The highest BCUT2D eigenvalue weighted by molar-refractivity contribution is 5.39. The summed E-state index contributed by atoms with van der Waals surface area (Å²) in [5.41, 5.74) is 5.66. The van der Waals surface area contributed by atoms with Crippen molar-refractivity contribution in [1.29, 1.82) is 0 Å². The van der Waals surface area contributed by atoms with Gasteiger partial charge in [-0.1, -0.05) is 11.8 Å². The molecule has 1 rings (SSSR count). The highest BCUT2D eigenvalue weighted by atomic mass is 19.1. The van der Waals surface area contributed by atoms with E-state index >= 15 is 0 Å². The minimum atomic E-state index is -0.356. The third-order valence-corrected chi connectivity index (χ3v) is 1.74. The third-order valence-electron chi connectivity index (χ3n) is 1.74. The Bertz CT molecular complexity index is 379. The molecule has 0 unspecified atom stereocenters. The number of rotatable bonds is 3. The fourth-order valence-electron chi connectivity index (χ4n) is 1.08. The maximum atomic E-state index is 13.4. The van der Waals surface area contributed by atoms with Crippen LogP contribution >= 0.6 is 0 Å². The third kappa shape index (κ3) is 3.61. The van der Waals surface area contributed by atoms with Crippen molar-refractivity contribution in [2.75, 3.05) is 13.2 Å². The summed E-state index contributed by atoms with van der Waals surface area (Å²) in [6, 6.07) is 4.67. The predicted molar refractivity (Wildman–Crippen MR) is 58.1 cm³/mol. The molecule has 0 saturated carbocycles. The molecule has 0 amide bonds. The molecule has 0 bridgehead atoms. The Balaban J connectivity index is 2.80. The van der Waals surface area contributed by atoms with E-state index in [2.05, 4.69) is 11.8 Å². The van der Waals surface area contributed by atoms with Crippen molar-refractivity contribution in [1.82, 2.24) is 0 Å². The first-order valence-corrected chi connectivity index (χ1v) is 4.89. The first-order valence-electron chi connectivity index (χ1n) is 4.89. The molecule has 0 aliphatic carbocycles. The summed E-state index contributed by atoms with van der Waals surface area (Å²) in [4.78, 5) is 0. The zero-order valence-corrected chi connectivity index (χ0v) is 8.72. The Hall–Kier alpha value is -1.53. The smallest absolute Gasteiger partial charge is 0.142 e. The largest absolute Gasteiger partial charge is 0.494 e. The van der Waals surface area contributed by atoms with Gasteiger partial charge in [-0.05, 0) is 19.1 Å². The zero-order valence-electron chi connectivity index (χ0n) is 8.72. The number of benzene rings is 1. The molecule has 0 radical (unpaired) electrons. The number of hydrogen-bond donors (Lipinski definition) is 1. The van der Waals surface area contributed by atoms with Crippen molar-refractivity contribution >= 4 is 0 Å². The van der Waals surface area contributed by atoms with E-state index in [4.69, 9.17) is 10.5 Å². The monoisotopic (exact) mass is 207 g/mol. The summed E-state index contributed by atoms with van der Waals surface area (Å²) in [7, 11) is 0. The van der Waals surface area contributed by atoms with Crippen LogP contribution in [0.1, 0.15) is 18.9 Å².